The largest absolute Gasteiger partial charge is 0.383 e. The van der Waals surface area contributed by atoms with Gasteiger partial charge in [-0.2, -0.15) is 5.10 Å². The molecule has 0 spiro atoms. The van der Waals surface area contributed by atoms with Crippen LogP contribution in [0.25, 0.3) is 11.0 Å². The molecule has 3 aromatic heterocycles. The van der Waals surface area contributed by atoms with Gasteiger partial charge in [-0.3, -0.25) is 4.79 Å². The van der Waals surface area contributed by atoms with Gasteiger partial charge in [-0.05, 0) is 11.4 Å². The number of nitrogens with zero attached hydrogens (tertiary/aromatic N) is 4. The first kappa shape index (κ1) is 21.5. The quantitative estimate of drug-likeness (QED) is 0.272. The molecule has 156 valence electrons. The van der Waals surface area contributed by atoms with Crippen molar-refractivity contribution in [2.45, 2.75) is 37.2 Å². The Morgan fingerprint density at radius 1 is 1.34 bits per heavy atom. The zero-order chi connectivity index (χ0) is 20.6. The number of anilines is 1. The Kier molecular flexibility index (Phi) is 7.84. The van der Waals surface area contributed by atoms with Gasteiger partial charge in [-0.25, -0.2) is 14.6 Å². The number of thioether (sulfide) groups is 1. The van der Waals surface area contributed by atoms with E-state index in [0.717, 1.165) is 21.7 Å². The maximum absolute atomic E-state index is 12.1. The number of aromatic nitrogens is 4. The van der Waals surface area contributed by atoms with Crippen molar-refractivity contribution in [3.05, 3.63) is 28.6 Å². The molecule has 0 radical (unpaired) electrons. The Morgan fingerprint density at radius 2 is 2.21 bits per heavy atom. The molecule has 0 saturated heterocycles. The SMILES string of the molecule is COCCNc1nc(SC(C)C)nc2c1cnn2CCNC(=O)Cc1cccs1. The molecule has 0 fully saturated rings. The minimum Gasteiger partial charge on any atom is -0.383 e. The van der Waals surface area contributed by atoms with Crippen LogP contribution in [0, 0.1) is 0 Å². The molecular formula is C19H26N6O2S2. The lowest BCUT2D eigenvalue weighted by Gasteiger charge is -2.10. The highest BCUT2D eigenvalue weighted by molar-refractivity contribution is 7.99. The van der Waals surface area contributed by atoms with Crippen LogP contribution in [0.15, 0.2) is 28.9 Å². The molecule has 0 bridgehead atoms. The van der Waals surface area contributed by atoms with Crippen molar-refractivity contribution in [1.29, 1.82) is 0 Å². The third kappa shape index (κ3) is 6.15. The van der Waals surface area contributed by atoms with Gasteiger partial charge in [0.25, 0.3) is 0 Å². The number of fused-ring (bicyclic) bond motifs is 1. The summed E-state index contributed by atoms with van der Waals surface area (Å²) in [4.78, 5) is 22.5. The highest BCUT2D eigenvalue weighted by atomic mass is 32.2. The summed E-state index contributed by atoms with van der Waals surface area (Å²) in [7, 11) is 1.67. The van der Waals surface area contributed by atoms with E-state index in [1.54, 1.807) is 36.4 Å². The fourth-order valence-corrected chi connectivity index (χ4v) is 4.11. The summed E-state index contributed by atoms with van der Waals surface area (Å²) in [6, 6.07) is 3.92. The van der Waals surface area contributed by atoms with Crippen molar-refractivity contribution in [3.8, 4) is 0 Å². The number of amides is 1. The average molecular weight is 435 g/mol. The molecule has 0 aliphatic carbocycles. The number of ether oxygens (including phenoxy) is 1. The number of rotatable bonds is 11. The first-order valence-corrected chi connectivity index (χ1v) is 11.2. The summed E-state index contributed by atoms with van der Waals surface area (Å²) < 4.78 is 6.93. The maximum Gasteiger partial charge on any atom is 0.225 e. The molecule has 0 aliphatic rings. The van der Waals surface area contributed by atoms with Gasteiger partial charge in [0, 0.05) is 30.3 Å². The van der Waals surface area contributed by atoms with Crippen molar-refractivity contribution in [2.24, 2.45) is 0 Å². The third-order valence-corrected chi connectivity index (χ3v) is 5.72. The summed E-state index contributed by atoms with van der Waals surface area (Å²) in [6.07, 6.45) is 2.17. The van der Waals surface area contributed by atoms with Crippen LogP contribution in [-0.4, -0.2) is 57.7 Å². The van der Waals surface area contributed by atoms with Gasteiger partial charge in [-0.15, -0.1) is 11.3 Å². The van der Waals surface area contributed by atoms with E-state index < -0.39 is 0 Å². The van der Waals surface area contributed by atoms with Gasteiger partial charge in [0.1, 0.15) is 5.82 Å². The zero-order valence-corrected chi connectivity index (χ0v) is 18.5. The zero-order valence-electron chi connectivity index (χ0n) is 16.8. The highest BCUT2D eigenvalue weighted by Gasteiger charge is 2.14. The number of nitrogens with one attached hydrogen (secondary N) is 2. The molecule has 2 N–H and O–H groups in total. The lowest BCUT2D eigenvalue weighted by Crippen LogP contribution is -2.28. The second-order valence-corrected chi connectivity index (χ2v) is 9.23. The predicted molar refractivity (Wildman–Crippen MR) is 118 cm³/mol. The normalized spacial score (nSPS) is 11.3. The van der Waals surface area contributed by atoms with Crippen molar-refractivity contribution in [2.75, 3.05) is 32.1 Å². The summed E-state index contributed by atoms with van der Waals surface area (Å²) >= 11 is 3.19. The third-order valence-electron chi connectivity index (χ3n) is 3.98. The Morgan fingerprint density at radius 3 is 2.93 bits per heavy atom. The molecule has 3 rings (SSSR count). The van der Waals surface area contributed by atoms with Crippen LogP contribution in [0.2, 0.25) is 0 Å². The predicted octanol–water partition coefficient (Wildman–Crippen LogP) is 2.81. The summed E-state index contributed by atoms with van der Waals surface area (Å²) in [5, 5.41) is 14.6. The number of carbonyl (C=O) groups excluding carboxylic acids is 1. The van der Waals surface area contributed by atoms with E-state index in [4.69, 9.17) is 9.72 Å². The second-order valence-electron chi connectivity index (χ2n) is 6.65. The smallest absolute Gasteiger partial charge is 0.225 e. The Balaban J connectivity index is 1.70. The summed E-state index contributed by atoms with van der Waals surface area (Å²) in [6.45, 7) is 6.48. The van der Waals surface area contributed by atoms with E-state index in [-0.39, 0.29) is 5.91 Å². The van der Waals surface area contributed by atoms with Gasteiger partial charge in [0.15, 0.2) is 10.8 Å². The molecule has 0 atom stereocenters. The topological polar surface area (TPSA) is 94.0 Å². The van der Waals surface area contributed by atoms with Gasteiger partial charge >= 0.3 is 0 Å². The standard InChI is InChI=1S/C19H26N6O2S2/c1-13(2)29-19-23-17(21-7-9-27-3)15-12-22-25(18(15)24-19)8-6-20-16(26)11-14-5-4-10-28-14/h4-5,10,12-13H,6-9,11H2,1-3H3,(H,20,26)(H,21,23,24). The van der Waals surface area contributed by atoms with Crippen molar-refractivity contribution < 1.29 is 9.53 Å². The molecule has 8 nitrogen and oxygen atoms in total. The summed E-state index contributed by atoms with van der Waals surface area (Å²) in [5.74, 6) is 0.764. The van der Waals surface area contributed by atoms with Gasteiger partial charge in [0.2, 0.25) is 5.91 Å². The Hall–Kier alpha value is -2.17. The van der Waals surface area contributed by atoms with E-state index in [9.17, 15) is 4.79 Å². The Labute approximate surface area is 178 Å². The van der Waals surface area contributed by atoms with Gasteiger partial charge < -0.3 is 15.4 Å². The van der Waals surface area contributed by atoms with Crippen LogP contribution >= 0.6 is 23.1 Å². The number of hydrogen-bond acceptors (Lipinski definition) is 8. The van der Waals surface area contributed by atoms with Gasteiger partial charge in [0.05, 0.1) is 31.2 Å². The number of hydrogen-bond donors (Lipinski definition) is 2. The van der Waals surface area contributed by atoms with Crippen LogP contribution < -0.4 is 10.6 Å². The molecule has 3 aromatic rings. The minimum atomic E-state index is 0.0107. The Bertz CT molecular complexity index is 926. The molecule has 3 heterocycles. The van der Waals surface area contributed by atoms with E-state index in [1.165, 1.54) is 0 Å². The lowest BCUT2D eigenvalue weighted by atomic mass is 10.3. The molecule has 29 heavy (non-hydrogen) atoms. The average Bonchev–Trinajstić information content (AvgIpc) is 3.32. The first-order chi connectivity index (χ1) is 14.1. The summed E-state index contributed by atoms with van der Waals surface area (Å²) in [5.41, 5.74) is 0.760. The van der Waals surface area contributed by atoms with E-state index in [0.29, 0.717) is 43.1 Å². The fraction of sp³-hybridized carbons (Fsp3) is 0.474. The highest BCUT2D eigenvalue weighted by Crippen LogP contribution is 2.26. The van der Waals surface area contributed by atoms with Crippen molar-refractivity contribution in [1.82, 2.24) is 25.1 Å². The van der Waals surface area contributed by atoms with Crippen LogP contribution in [0.5, 0.6) is 0 Å². The van der Waals surface area contributed by atoms with E-state index in [2.05, 4.69) is 34.6 Å². The van der Waals surface area contributed by atoms with Crippen molar-refractivity contribution in [3.63, 3.8) is 0 Å². The molecule has 0 aromatic carbocycles. The molecule has 0 saturated carbocycles. The monoisotopic (exact) mass is 434 g/mol. The molecule has 1 amide bonds. The fourth-order valence-electron chi connectivity index (χ4n) is 2.70. The molecule has 10 heteroatoms. The number of methoxy groups -OCH3 is 1. The van der Waals surface area contributed by atoms with Gasteiger partial charge in [-0.1, -0.05) is 31.7 Å². The second kappa shape index (κ2) is 10.6. The van der Waals surface area contributed by atoms with Crippen LogP contribution in [0.4, 0.5) is 5.82 Å². The van der Waals surface area contributed by atoms with E-state index in [1.807, 2.05) is 22.2 Å². The minimum absolute atomic E-state index is 0.0107. The number of carbonyl (C=O) groups is 1. The van der Waals surface area contributed by atoms with Crippen LogP contribution in [0.1, 0.15) is 18.7 Å². The van der Waals surface area contributed by atoms with E-state index >= 15 is 0 Å². The van der Waals surface area contributed by atoms with Crippen LogP contribution in [-0.2, 0) is 22.5 Å². The van der Waals surface area contributed by atoms with Crippen molar-refractivity contribution >= 4 is 45.9 Å². The first-order valence-electron chi connectivity index (χ1n) is 9.49. The molecule has 0 aliphatic heterocycles. The number of thiophene rings is 1. The molecule has 0 unspecified atom stereocenters. The maximum atomic E-state index is 12.1. The molecular weight excluding hydrogens is 408 g/mol. The lowest BCUT2D eigenvalue weighted by molar-refractivity contribution is -0.120. The van der Waals surface area contributed by atoms with Crippen LogP contribution in [0.3, 0.4) is 0 Å².